The van der Waals surface area contributed by atoms with E-state index in [2.05, 4.69) is 25.9 Å². The van der Waals surface area contributed by atoms with Crippen LogP contribution < -0.4 is 4.74 Å². The van der Waals surface area contributed by atoms with Gasteiger partial charge >= 0.3 is 0 Å². The van der Waals surface area contributed by atoms with Crippen molar-refractivity contribution in [3.05, 3.63) is 58.1 Å². The summed E-state index contributed by atoms with van der Waals surface area (Å²) < 4.78 is 19.6. The van der Waals surface area contributed by atoms with Gasteiger partial charge in [-0.1, -0.05) is 12.1 Å². The van der Waals surface area contributed by atoms with E-state index in [1.165, 1.54) is 0 Å². The molecule has 3 nitrogen and oxygen atoms in total. The smallest absolute Gasteiger partial charge is 0.141 e. The van der Waals surface area contributed by atoms with Gasteiger partial charge in [0, 0.05) is 12.5 Å². The molecule has 0 atom stereocenters. The fraction of sp³-hybridized carbons (Fsp3) is 0.133. The van der Waals surface area contributed by atoms with Crippen molar-refractivity contribution in [3.63, 3.8) is 0 Å². The molecule has 102 valence electrons. The quantitative estimate of drug-likeness (QED) is 0.784. The van der Waals surface area contributed by atoms with Crippen LogP contribution in [0.1, 0.15) is 11.4 Å². The summed E-state index contributed by atoms with van der Waals surface area (Å²) in [6, 6.07) is 10.9. The number of aromatic amines is 1. The Morgan fingerprint density at radius 1 is 1.30 bits per heavy atom. The van der Waals surface area contributed by atoms with E-state index < -0.39 is 0 Å². The molecule has 3 rings (SSSR count). The Labute approximate surface area is 123 Å². The SMILES string of the molecule is COc1ccc2nc(Cc3cccc(Br)c3F)[nH]c2c1. The van der Waals surface area contributed by atoms with Gasteiger partial charge in [0.1, 0.15) is 17.4 Å². The van der Waals surface area contributed by atoms with Crippen molar-refractivity contribution in [2.75, 3.05) is 7.11 Å². The first-order valence-electron chi connectivity index (χ1n) is 6.13. The predicted octanol–water partition coefficient (Wildman–Crippen LogP) is 4.06. The number of H-pyrrole nitrogens is 1. The van der Waals surface area contributed by atoms with Crippen molar-refractivity contribution in [1.29, 1.82) is 0 Å². The summed E-state index contributed by atoms with van der Waals surface area (Å²) >= 11 is 3.19. The highest BCUT2D eigenvalue weighted by molar-refractivity contribution is 9.10. The van der Waals surface area contributed by atoms with E-state index in [9.17, 15) is 4.39 Å². The molecule has 0 unspecified atom stereocenters. The third-order valence-electron chi connectivity index (χ3n) is 3.13. The van der Waals surface area contributed by atoms with Crippen LogP contribution in [0, 0.1) is 5.82 Å². The van der Waals surface area contributed by atoms with Gasteiger partial charge in [0.2, 0.25) is 0 Å². The summed E-state index contributed by atoms with van der Waals surface area (Å²) in [5, 5.41) is 0. The molecule has 0 amide bonds. The maximum absolute atomic E-state index is 14.0. The number of aromatic nitrogens is 2. The van der Waals surface area contributed by atoms with Crippen LogP contribution in [0.5, 0.6) is 5.75 Å². The lowest BCUT2D eigenvalue weighted by Gasteiger charge is -2.02. The van der Waals surface area contributed by atoms with Gasteiger partial charge < -0.3 is 9.72 Å². The van der Waals surface area contributed by atoms with Gasteiger partial charge in [0.15, 0.2) is 0 Å². The zero-order valence-electron chi connectivity index (χ0n) is 10.8. The maximum atomic E-state index is 14.0. The van der Waals surface area contributed by atoms with Gasteiger partial charge in [-0.25, -0.2) is 9.37 Å². The van der Waals surface area contributed by atoms with Crippen molar-refractivity contribution in [2.45, 2.75) is 6.42 Å². The van der Waals surface area contributed by atoms with Crippen LogP contribution in [0.15, 0.2) is 40.9 Å². The van der Waals surface area contributed by atoms with E-state index in [1.807, 2.05) is 24.3 Å². The average Bonchev–Trinajstić information content (AvgIpc) is 2.85. The first-order chi connectivity index (χ1) is 9.67. The highest BCUT2D eigenvalue weighted by Gasteiger charge is 2.10. The van der Waals surface area contributed by atoms with Crippen molar-refractivity contribution in [2.24, 2.45) is 0 Å². The number of halogens is 2. The lowest BCUT2D eigenvalue weighted by molar-refractivity contribution is 0.415. The molecule has 20 heavy (non-hydrogen) atoms. The largest absolute Gasteiger partial charge is 0.497 e. The van der Waals surface area contributed by atoms with Crippen LogP contribution in [0.3, 0.4) is 0 Å². The number of ether oxygens (including phenoxy) is 1. The van der Waals surface area contributed by atoms with E-state index in [4.69, 9.17) is 4.74 Å². The Balaban J connectivity index is 1.96. The molecular formula is C15H12BrFN2O. The van der Waals surface area contributed by atoms with E-state index in [-0.39, 0.29) is 5.82 Å². The number of methoxy groups -OCH3 is 1. The predicted molar refractivity (Wildman–Crippen MR) is 79.6 cm³/mol. The molecule has 0 radical (unpaired) electrons. The first kappa shape index (κ1) is 13.1. The molecule has 3 aromatic rings. The summed E-state index contributed by atoms with van der Waals surface area (Å²) in [5.74, 6) is 1.25. The minimum absolute atomic E-state index is 0.245. The normalized spacial score (nSPS) is 10.9. The van der Waals surface area contributed by atoms with Crippen LogP contribution in [-0.2, 0) is 6.42 Å². The summed E-state index contributed by atoms with van der Waals surface area (Å²) in [5.41, 5.74) is 2.33. The molecule has 0 saturated carbocycles. The summed E-state index contributed by atoms with van der Waals surface area (Å²) in [6.45, 7) is 0. The van der Waals surface area contributed by atoms with Gasteiger partial charge in [-0.05, 0) is 39.7 Å². The molecule has 1 aromatic heterocycles. The Bertz CT molecular complexity index is 770. The summed E-state index contributed by atoms with van der Waals surface area (Å²) in [4.78, 5) is 7.65. The number of benzene rings is 2. The molecule has 5 heteroatoms. The standard InChI is InChI=1S/C15H12BrFN2O/c1-20-10-5-6-12-13(8-10)19-14(18-12)7-9-3-2-4-11(16)15(9)17/h2-6,8H,7H2,1H3,(H,18,19). The monoisotopic (exact) mass is 334 g/mol. The molecule has 1 N–H and O–H groups in total. The van der Waals surface area contributed by atoms with Crippen LogP contribution >= 0.6 is 15.9 Å². The number of fused-ring (bicyclic) bond motifs is 1. The molecule has 0 saturated heterocycles. The number of nitrogens with one attached hydrogen (secondary N) is 1. The van der Waals surface area contributed by atoms with E-state index in [0.29, 0.717) is 16.5 Å². The molecule has 2 aromatic carbocycles. The Morgan fingerprint density at radius 3 is 2.95 bits per heavy atom. The first-order valence-corrected chi connectivity index (χ1v) is 6.92. The van der Waals surface area contributed by atoms with Crippen molar-refractivity contribution >= 4 is 27.0 Å². The third kappa shape index (κ3) is 2.41. The van der Waals surface area contributed by atoms with Gasteiger partial charge in [0.25, 0.3) is 0 Å². The minimum atomic E-state index is -0.245. The maximum Gasteiger partial charge on any atom is 0.141 e. The highest BCUT2D eigenvalue weighted by atomic mass is 79.9. The van der Waals surface area contributed by atoms with Crippen LogP contribution in [-0.4, -0.2) is 17.1 Å². The number of rotatable bonds is 3. The number of imidazole rings is 1. The Hall–Kier alpha value is -1.88. The van der Waals surface area contributed by atoms with Gasteiger partial charge in [-0.2, -0.15) is 0 Å². The van der Waals surface area contributed by atoms with E-state index >= 15 is 0 Å². The molecular weight excluding hydrogens is 323 g/mol. The highest BCUT2D eigenvalue weighted by Crippen LogP contribution is 2.23. The zero-order valence-corrected chi connectivity index (χ0v) is 12.4. The van der Waals surface area contributed by atoms with Crippen molar-refractivity contribution in [3.8, 4) is 5.75 Å². The number of nitrogens with zero attached hydrogens (tertiary/aromatic N) is 1. The van der Waals surface area contributed by atoms with Gasteiger partial charge in [0.05, 0.1) is 22.6 Å². The van der Waals surface area contributed by atoms with Crippen LogP contribution in [0.4, 0.5) is 4.39 Å². The summed E-state index contributed by atoms with van der Waals surface area (Å²) in [6.07, 6.45) is 0.419. The van der Waals surface area contributed by atoms with Gasteiger partial charge in [-0.15, -0.1) is 0 Å². The van der Waals surface area contributed by atoms with E-state index in [0.717, 1.165) is 22.6 Å². The molecule has 0 bridgehead atoms. The molecule has 0 aliphatic rings. The zero-order chi connectivity index (χ0) is 14.1. The summed E-state index contributed by atoms with van der Waals surface area (Å²) in [7, 11) is 1.62. The molecule has 0 aliphatic carbocycles. The lowest BCUT2D eigenvalue weighted by atomic mass is 10.1. The lowest BCUT2D eigenvalue weighted by Crippen LogP contribution is -1.95. The topological polar surface area (TPSA) is 37.9 Å². The van der Waals surface area contributed by atoms with Crippen LogP contribution in [0.2, 0.25) is 0 Å². The molecule has 0 fully saturated rings. The third-order valence-corrected chi connectivity index (χ3v) is 3.74. The fourth-order valence-corrected chi connectivity index (χ4v) is 2.52. The molecule has 1 heterocycles. The van der Waals surface area contributed by atoms with Crippen molar-refractivity contribution in [1.82, 2.24) is 9.97 Å². The minimum Gasteiger partial charge on any atom is -0.497 e. The second kappa shape index (κ2) is 5.25. The van der Waals surface area contributed by atoms with E-state index in [1.54, 1.807) is 19.2 Å². The average molecular weight is 335 g/mol. The Kier molecular flexibility index (Phi) is 3.44. The molecule has 0 aliphatic heterocycles. The second-order valence-electron chi connectivity index (χ2n) is 4.46. The van der Waals surface area contributed by atoms with Gasteiger partial charge in [-0.3, -0.25) is 0 Å². The Morgan fingerprint density at radius 2 is 2.15 bits per heavy atom. The number of hydrogen-bond acceptors (Lipinski definition) is 2. The van der Waals surface area contributed by atoms with Crippen LogP contribution in [0.25, 0.3) is 11.0 Å². The fourth-order valence-electron chi connectivity index (χ4n) is 2.12. The van der Waals surface area contributed by atoms with Crippen molar-refractivity contribution < 1.29 is 9.13 Å². The second-order valence-corrected chi connectivity index (χ2v) is 5.31. The number of hydrogen-bond donors (Lipinski definition) is 1. The molecule has 0 spiro atoms.